The molecule has 0 saturated carbocycles. The fourth-order valence-electron chi connectivity index (χ4n) is 1.98. The highest BCUT2D eigenvalue weighted by Gasteiger charge is 2.11. The van der Waals surface area contributed by atoms with Gasteiger partial charge in [0.2, 0.25) is 5.89 Å². The highest BCUT2D eigenvalue weighted by molar-refractivity contribution is 5.96. The summed E-state index contributed by atoms with van der Waals surface area (Å²) in [5.74, 6) is 1.05. The average Bonchev–Trinajstić information content (AvgIpc) is 2.74. The number of hydrogen-bond donors (Lipinski definition) is 2. The third-order valence-corrected chi connectivity index (χ3v) is 3.24. The van der Waals surface area contributed by atoms with E-state index in [1.54, 1.807) is 12.1 Å². The first-order valence-corrected chi connectivity index (χ1v) is 6.66. The monoisotopic (exact) mass is 288 g/mol. The van der Waals surface area contributed by atoms with Gasteiger partial charge >= 0.3 is 0 Å². The number of nitrogens with two attached hydrogens (primary N) is 1. The predicted molar refractivity (Wildman–Crippen MR) is 82.3 cm³/mol. The van der Waals surface area contributed by atoms with Crippen molar-refractivity contribution in [1.82, 2.24) is 10.3 Å². The number of nitrogen functional groups attached to an aromatic ring is 1. The molecule has 0 radical (unpaired) electrons. The largest absolute Gasteiger partial charge is 0.444 e. The summed E-state index contributed by atoms with van der Waals surface area (Å²) < 4.78 is 5.42. The van der Waals surface area contributed by atoms with Crippen molar-refractivity contribution in [3.8, 4) is 0 Å². The predicted octanol–water partition coefficient (Wildman–Crippen LogP) is 1.87. The van der Waals surface area contributed by atoms with Crippen molar-refractivity contribution in [3.05, 3.63) is 41.1 Å². The minimum Gasteiger partial charge on any atom is -0.444 e. The Bertz CT molecular complexity index is 642. The molecule has 1 aromatic carbocycles. The van der Waals surface area contributed by atoms with Crippen LogP contribution in [-0.4, -0.2) is 25.0 Å². The molecule has 6 nitrogen and oxygen atoms in total. The molecule has 3 N–H and O–H groups in total. The molecule has 1 heterocycles. The number of nitrogens with one attached hydrogen (secondary N) is 1. The zero-order valence-corrected chi connectivity index (χ0v) is 12.7. The van der Waals surface area contributed by atoms with Crippen LogP contribution in [0.5, 0.6) is 0 Å². The molecule has 0 aliphatic heterocycles. The molecule has 1 amide bonds. The molecule has 2 rings (SSSR count). The van der Waals surface area contributed by atoms with E-state index in [-0.39, 0.29) is 12.5 Å². The molecule has 112 valence electrons. The molecular weight excluding hydrogens is 268 g/mol. The summed E-state index contributed by atoms with van der Waals surface area (Å²) in [4.78, 5) is 18.2. The molecule has 0 unspecified atom stereocenters. The molecule has 0 spiro atoms. The molecule has 0 aliphatic rings. The topological polar surface area (TPSA) is 84.4 Å². The first-order chi connectivity index (χ1) is 9.88. The Morgan fingerprint density at radius 3 is 2.62 bits per heavy atom. The first kappa shape index (κ1) is 14.9. The van der Waals surface area contributed by atoms with Gasteiger partial charge in [0.15, 0.2) is 0 Å². The lowest BCUT2D eigenvalue weighted by Crippen LogP contribution is -2.23. The van der Waals surface area contributed by atoms with Crippen LogP contribution in [0.4, 0.5) is 11.4 Å². The minimum atomic E-state index is -0.208. The molecule has 0 aliphatic carbocycles. The molecule has 0 atom stereocenters. The van der Waals surface area contributed by atoms with E-state index in [2.05, 4.69) is 10.3 Å². The maximum absolute atomic E-state index is 12.1. The number of benzene rings is 1. The van der Waals surface area contributed by atoms with Crippen molar-refractivity contribution < 1.29 is 9.21 Å². The fourth-order valence-corrected chi connectivity index (χ4v) is 1.98. The van der Waals surface area contributed by atoms with Crippen molar-refractivity contribution in [2.45, 2.75) is 20.4 Å². The minimum absolute atomic E-state index is 0.208. The van der Waals surface area contributed by atoms with Crippen LogP contribution < -0.4 is 16.0 Å². The summed E-state index contributed by atoms with van der Waals surface area (Å²) in [6.45, 7) is 3.96. The van der Waals surface area contributed by atoms with E-state index in [9.17, 15) is 4.79 Å². The average molecular weight is 288 g/mol. The van der Waals surface area contributed by atoms with Gasteiger partial charge in [-0.3, -0.25) is 4.79 Å². The molecule has 21 heavy (non-hydrogen) atoms. The van der Waals surface area contributed by atoms with E-state index >= 15 is 0 Å². The number of anilines is 2. The van der Waals surface area contributed by atoms with Crippen LogP contribution in [-0.2, 0) is 6.54 Å². The van der Waals surface area contributed by atoms with Crippen LogP contribution in [0.3, 0.4) is 0 Å². The van der Waals surface area contributed by atoms with Crippen molar-refractivity contribution >= 4 is 17.3 Å². The number of hydrogen-bond acceptors (Lipinski definition) is 5. The normalized spacial score (nSPS) is 10.5. The molecule has 1 aromatic heterocycles. The van der Waals surface area contributed by atoms with Crippen LogP contribution in [0, 0.1) is 13.8 Å². The maximum Gasteiger partial charge on any atom is 0.251 e. The van der Waals surface area contributed by atoms with Gasteiger partial charge in [-0.2, -0.15) is 0 Å². The van der Waals surface area contributed by atoms with E-state index in [0.29, 0.717) is 17.1 Å². The number of amides is 1. The van der Waals surface area contributed by atoms with E-state index in [4.69, 9.17) is 10.2 Å². The molecular formula is C15H20N4O2. The van der Waals surface area contributed by atoms with Gasteiger partial charge in [-0.05, 0) is 32.0 Å². The standard InChI is InChI=1S/C15H20N4O2/c1-9-10(2)21-14(18-9)8-17-15(20)11-5-6-13(19(3)4)12(16)7-11/h5-7H,8,16H2,1-4H3,(H,17,20). The fraction of sp³-hybridized carbons (Fsp3) is 0.333. The van der Waals surface area contributed by atoms with Gasteiger partial charge in [-0.15, -0.1) is 0 Å². The molecule has 2 aromatic rings. The van der Waals surface area contributed by atoms with Gasteiger partial charge in [0.25, 0.3) is 5.91 Å². The van der Waals surface area contributed by atoms with Crippen LogP contribution in [0.2, 0.25) is 0 Å². The molecule has 6 heteroatoms. The Hall–Kier alpha value is -2.50. The summed E-state index contributed by atoms with van der Waals surface area (Å²) >= 11 is 0. The summed E-state index contributed by atoms with van der Waals surface area (Å²) in [5, 5.41) is 2.77. The smallest absolute Gasteiger partial charge is 0.251 e. The number of carbonyl (C=O) groups is 1. The zero-order chi connectivity index (χ0) is 15.6. The number of aromatic nitrogens is 1. The van der Waals surface area contributed by atoms with Crippen LogP contribution in [0.25, 0.3) is 0 Å². The van der Waals surface area contributed by atoms with E-state index in [1.807, 2.05) is 38.9 Å². The maximum atomic E-state index is 12.1. The second kappa shape index (κ2) is 5.87. The quantitative estimate of drug-likeness (QED) is 0.839. The van der Waals surface area contributed by atoms with Gasteiger partial charge in [0.1, 0.15) is 5.76 Å². The van der Waals surface area contributed by atoms with E-state index in [0.717, 1.165) is 17.1 Å². The summed E-state index contributed by atoms with van der Waals surface area (Å²) in [6, 6.07) is 5.23. The second-order valence-corrected chi connectivity index (χ2v) is 5.10. The summed E-state index contributed by atoms with van der Waals surface area (Å²) in [7, 11) is 3.80. The lowest BCUT2D eigenvalue weighted by molar-refractivity contribution is 0.0947. The summed E-state index contributed by atoms with van der Waals surface area (Å²) in [6.07, 6.45) is 0. The van der Waals surface area contributed by atoms with Gasteiger partial charge in [0.05, 0.1) is 23.6 Å². The van der Waals surface area contributed by atoms with Gasteiger partial charge in [-0.25, -0.2) is 4.98 Å². The highest BCUT2D eigenvalue weighted by Crippen LogP contribution is 2.22. The number of rotatable bonds is 4. The third kappa shape index (κ3) is 3.34. The van der Waals surface area contributed by atoms with E-state index in [1.165, 1.54) is 0 Å². The van der Waals surface area contributed by atoms with E-state index < -0.39 is 0 Å². The molecule has 0 saturated heterocycles. The zero-order valence-electron chi connectivity index (χ0n) is 12.7. The molecule has 0 bridgehead atoms. The number of oxazole rings is 1. The second-order valence-electron chi connectivity index (χ2n) is 5.10. The van der Waals surface area contributed by atoms with Crippen molar-refractivity contribution in [3.63, 3.8) is 0 Å². The van der Waals surface area contributed by atoms with Gasteiger partial charge < -0.3 is 20.4 Å². The Morgan fingerprint density at radius 1 is 1.38 bits per heavy atom. The Morgan fingerprint density at radius 2 is 2.10 bits per heavy atom. The van der Waals surface area contributed by atoms with Gasteiger partial charge in [-0.1, -0.05) is 0 Å². The SMILES string of the molecule is Cc1nc(CNC(=O)c2ccc(N(C)C)c(N)c2)oc1C. The number of carbonyl (C=O) groups excluding carboxylic acids is 1. The lowest BCUT2D eigenvalue weighted by Gasteiger charge is -2.15. The lowest BCUT2D eigenvalue weighted by atomic mass is 10.1. The summed E-state index contributed by atoms with van der Waals surface area (Å²) in [5.41, 5.74) is 8.73. The van der Waals surface area contributed by atoms with Crippen LogP contribution in [0.1, 0.15) is 27.7 Å². The highest BCUT2D eigenvalue weighted by atomic mass is 16.4. The van der Waals surface area contributed by atoms with Crippen molar-refractivity contribution in [2.75, 3.05) is 24.7 Å². The Balaban J connectivity index is 2.05. The van der Waals surface area contributed by atoms with Crippen LogP contribution >= 0.6 is 0 Å². The van der Waals surface area contributed by atoms with Gasteiger partial charge in [0, 0.05) is 19.7 Å². The third-order valence-electron chi connectivity index (χ3n) is 3.24. The first-order valence-electron chi connectivity index (χ1n) is 6.66. The van der Waals surface area contributed by atoms with Crippen LogP contribution in [0.15, 0.2) is 22.6 Å². The Labute approximate surface area is 124 Å². The number of nitrogens with zero attached hydrogens (tertiary/aromatic N) is 2. The van der Waals surface area contributed by atoms with Crippen molar-refractivity contribution in [2.24, 2.45) is 0 Å². The Kier molecular flexibility index (Phi) is 4.16. The van der Waals surface area contributed by atoms with Crippen molar-refractivity contribution in [1.29, 1.82) is 0 Å². The number of aryl methyl sites for hydroxylation is 2. The molecule has 0 fully saturated rings.